The molecule has 2 aromatic carbocycles. The number of methoxy groups -OCH3 is 2. The van der Waals surface area contributed by atoms with Gasteiger partial charge in [0.25, 0.3) is 0 Å². The van der Waals surface area contributed by atoms with Gasteiger partial charge in [-0.15, -0.1) is 0 Å². The summed E-state index contributed by atoms with van der Waals surface area (Å²) in [5.41, 5.74) is 6.67. The smallest absolute Gasteiger partial charge is 0.161 e. The molecule has 0 radical (unpaired) electrons. The molecule has 5 rings (SSSR count). The Hall–Kier alpha value is -3.25. The minimum atomic E-state index is 0.200. The summed E-state index contributed by atoms with van der Waals surface area (Å²) in [4.78, 5) is 5.01. The van der Waals surface area contributed by atoms with Crippen LogP contribution in [-0.4, -0.2) is 38.0 Å². The van der Waals surface area contributed by atoms with Crippen LogP contribution >= 0.6 is 0 Å². The normalized spacial score (nSPS) is 17.3. The van der Waals surface area contributed by atoms with Crippen LogP contribution in [0.15, 0.2) is 53.5 Å². The predicted molar refractivity (Wildman–Crippen MR) is 132 cm³/mol. The monoisotopic (exact) mass is 460 g/mol. The maximum atomic E-state index is 6.36. The van der Waals surface area contributed by atoms with E-state index in [0.29, 0.717) is 13.2 Å². The third kappa shape index (κ3) is 4.42. The third-order valence-electron chi connectivity index (χ3n) is 6.72. The third-order valence-corrected chi connectivity index (χ3v) is 6.72. The number of aryl methyl sites for hydroxylation is 1. The topological polar surface area (TPSA) is 54.2 Å². The lowest BCUT2D eigenvalue weighted by molar-refractivity contribution is 0.117. The van der Waals surface area contributed by atoms with Crippen LogP contribution < -0.4 is 19.7 Å². The molecule has 0 spiro atoms. The van der Waals surface area contributed by atoms with E-state index in [9.17, 15) is 0 Å². The summed E-state index contributed by atoms with van der Waals surface area (Å²) < 4.78 is 25.7. The van der Waals surface area contributed by atoms with E-state index >= 15 is 0 Å². The Morgan fingerprint density at radius 1 is 1.03 bits per heavy atom. The van der Waals surface area contributed by atoms with Gasteiger partial charge in [0, 0.05) is 30.3 Å². The first kappa shape index (κ1) is 22.5. The number of ether oxygens (including phenoxy) is 4. The average Bonchev–Trinajstić information content (AvgIpc) is 3.40. The number of benzene rings is 2. The van der Waals surface area contributed by atoms with Crippen molar-refractivity contribution in [1.29, 1.82) is 0 Å². The molecule has 3 aromatic rings. The summed E-state index contributed by atoms with van der Waals surface area (Å²) in [6.07, 6.45) is 3.28. The molecule has 0 amide bonds. The van der Waals surface area contributed by atoms with Crippen molar-refractivity contribution >= 4 is 0 Å². The Morgan fingerprint density at radius 3 is 2.56 bits per heavy atom. The van der Waals surface area contributed by atoms with Gasteiger partial charge in [-0.05, 0) is 49.4 Å². The van der Waals surface area contributed by atoms with Crippen molar-refractivity contribution in [1.82, 2.24) is 4.57 Å². The first-order chi connectivity index (χ1) is 16.7. The highest BCUT2D eigenvalue weighted by molar-refractivity contribution is 5.74. The van der Waals surface area contributed by atoms with Crippen molar-refractivity contribution in [3.63, 3.8) is 0 Å². The van der Waals surface area contributed by atoms with Gasteiger partial charge in [-0.25, -0.2) is 0 Å². The van der Waals surface area contributed by atoms with Crippen LogP contribution in [0.4, 0.5) is 0 Å². The van der Waals surface area contributed by atoms with E-state index in [1.54, 1.807) is 14.2 Å². The molecule has 1 aromatic heterocycles. The number of rotatable bonds is 7. The molecule has 3 heterocycles. The lowest BCUT2D eigenvalue weighted by Gasteiger charge is -2.27. The molecular formula is C28H32N2O4. The fourth-order valence-corrected chi connectivity index (χ4v) is 4.89. The van der Waals surface area contributed by atoms with Crippen molar-refractivity contribution < 1.29 is 18.9 Å². The van der Waals surface area contributed by atoms with Crippen LogP contribution in [-0.2, 0) is 24.3 Å². The Morgan fingerprint density at radius 2 is 1.82 bits per heavy atom. The van der Waals surface area contributed by atoms with E-state index in [1.165, 1.54) is 5.56 Å². The first-order valence-electron chi connectivity index (χ1n) is 12.0. The summed E-state index contributed by atoms with van der Waals surface area (Å²) >= 11 is 0. The van der Waals surface area contributed by atoms with E-state index in [0.717, 1.165) is 77.5 Å². The van der Waals surface area contributed by atoms with Crippen LogP contribution in [0.1, 0.15) is 29.5 Å². The highest BCUT2D eigenvalue weighted by Crippen LogP contribution is 2.40. The molecule has 34 heavy (non-hydrogen) atoms. The van der Waals surface area contributed by atoms with Gasteiger partial charge in [0.2, 0.25) is 0 Å². The number of hydrogen-bond donors (Lipinski definition) is 0. The van der Waals surface area contributed by atoms with Gasteiger partial charge in [0.1, 0.15) is 17.8 Å². The lowest BCUT2D eigenvalue weighted by Crippen LogP contribution is -2.29. The molecule has 6 nitrogen and oxygen atoms in total. The number of aromatic nitrogens is 1. The molecule has 1 atom stereocenters. The Balaban J connectivity index is 1.61. The maximum Gasteiger partial charge on any atom is 0.161 e. The summed E-state index contributed by atoms with van der Waals surface area (Å²) in [5, 5.41) is 0. The van der Waals surface area contributed by atoms with E-state index in [2.05, 4.69) is 41.8 Å². The number of fused-ring (bicyclic) bond motifs is 3. The molecule has 178 valence electrons. The second-order valence-electron chi connectivity index (χ2n) is 8.86. The fraction of sp³-hybridized carbons (Fsp3) is 0.393. The van der Waals surface area contributed by atoms with Gasteiger partial charge < -0.3 is 23.5 Å². The molecule has 1 fully saturated rings. The van der Waals surface area contributed by atoms with E-state index in [1.807, 2.05) is 18.2 Å². The molecule has 1 unspecified atom stereocenters. The lowest BCUT2D eigenvalue weighted by atomic mass is 9.93. The number of hydrogen-bond acceptors (Lipinski definition) is 5. The van der Waals surface area contributed by atoms with Crippen molar-refractivity contribution in [2.24, 2.45) is 4.99 Å². The minimum absolute atomic E-state index is 0.200. The van der Waals surface area contributed by atoms with Crippen LogP contribution in [0.25, 0.3) is 11.3 Å². The zero-order chi connectivity index (χ0) is 23.5. The summed E-state index contributed by atoms with van der Waals surface area (Å²) in [6.45, 7) is 4.98. The van der Waals surface area contributed by atoms with Crippen LogP contribution in [0.5, 0.6) is 17.2 Å². The van der Waals surface area contributed by atoms with Crippen LogP contribution in [0, 0.1) is 6.92 Å². The second-order valence-corrected chi connectivity index (χ2v) is 8.86. The molecule has 1 saturated heterocycles. The van der Waals surface area contributed by atoms with Gasteiger partial charge in [0.05, 0.1) is 32.6 Å². The van der Waals surface area contributed by atoms with Gasteiger partial charge in [-0.2, -0.15) is 0 Å². The predicted octanol–water partition coefficient (Wildman–Crippen LogP) is 4.70. The summed E-state index contributed by atoms with van der Waals surface area (Å²) in [6, 6.07) is 16.5. The largest absolute Gasteiger partial charge is 0.493 e. The standard InChI is InChI=1S/C28H32N2O4/c1-19-24(34-18-20-8-5-4-6-9-20)16-27(29-17-22-10-7-13-33-22)30-12-11-21-14-25(31-2)26(32-3)15-23(21)28(19)30/h4-6,8-9,14-16,22H,7,10-13,17-18H2,1-3H3/b29-27+. The van der Waals surface area contributed by atoms with E-state index in [-0.39, 0.29) is 6.10 Å². The van der Waals surface area contributed by atoms with Gasteiger partial charge in [-0.3, -0.25) is 4.99 Å². The summed E-state index contributed by atoms with van der Waals surface area (Å²) in [5.74, 6) is 2.33. The van der Waals surface area contributed by atoms with Crippen LogP contribution in [0.3, 0.4) is 0 Å². The zero-order valence-corrected chi connectivity index (χ0v) is 20.2. The Bertz CT molecular complexity index is 1230. The van der Waals surface area contributed by atoms with Crippen LogP contribution in [0.2, 0.25) is 0 Å². The molecule has 0 N–H and O–H groups in total. The highest BCUT2D eigenvalue weighted by atomic mass is 16.5. The van der Waals surface area contributed by atoms with Crippen molar-refractivity contribution in [2.75, 3.05) is 27.4 Å². The fourth-order valence-electron chi connectivity index (χ4n) is 4.89. The second kappa shape index (κ2) is 9.94. The quantitative estimate of drug-likeness (QED) is 0.513. The number of pyridine rings is 1. The van der Waals surface area contributed by atoms with Gasteiger partial charge >= 0.3 is 0 Å². The van der Waals surface area contributed by atoms with Gasteiger partial charge in [0.15, 0.2) is 11.5 Å². The molecule has 0 saturated carbocycles. The molecule has 0 aliphatic carbocycles. The van der Waals surface area contributed by atoms with Crippen molar-refractivity contribution in [2.45, 2.75) is 45.4 Å². The van der Waals surface area contributed by atoms with E-state index < -0.39 is 0 Å². The van der Waals surface area contributed by atoms with Crippen molar-refractivity contribution in [3.05, 3.63) is 70.7 Å². The Kier molecular flexibility index (Phi) is 6.59. The SMILES string of the molecule is COc1cc2c(cc1OC)-c1c(C)c(OCc3ccccc3)c/c(=N\CC3CCCO3)n1CC2. The van der Waals surface area contributed by atoms with Crippen molar-refractivity contribution in [3.8, 4) is 28.5 Å². The molecule has 2 aliphatic rings. The average molecular weight is 461 g/mol. The first-order valence-corrected chi connectivity index (χ1v) is 12.0. The highest BCUT2D eigenvalue weighted by Gasteiger charge is 2.24. The zero-order valence-electron chi connectivity index (χ0n) is 20.2. The van der Waals surface area contributed by atoms with E-state index in [4.69, 9.17) is 23.9 Å². The Labute approximate surface area is 200 Å². The molecule has 2 aliphatic heterocycles. The maximum absolute atomic E-state index is 6.36. The van der Waals surface area contributed by atoms with Gasteiger partial charge in [-0.1, -0.05) is 30.3 Å². The summed E-state index contributed by atoms with van der Waals surface area (Å²) in [7, 11) is 3.36. The number of nitrogens with zero attached hydrogens (tertiary/aromatic N) is 2. The minimum Gasteiger partial charge on any atom is -0.493 e. The molecule has 6 heteroatoms. The molecular weight excluding hydrogens is 428 g/mol. The molecule has 0 bridgehead atoms.